The van der Waals surface area contributed by atoms with Gasteiger partial charge in [0.25, 0.3) is 0 Å². The molecule has 1 N–H and O–H groups in total. The number of likely N-dealkylation sites (N-methyl/N-ethyl adjacent to an activating group) is 1. The van der Waals surface area contributed by atoms with Crippen molar-refractivity contribution in [3.8, 4) is 0 Å². The molecule has 0 radical (unpaired) electrons. The van der Waals surface area contributed by atoms with Crippen molar-refractivity contribution >= 4 is 5.91 Å². The minimum atomic E-state index is 0.214. The molecule has 116 valence electrons. The Labute approximate surface area is 128 Å². The number of carbonyl (C=O) groups excluding carboxylic acids is 1. The molecular formula is C18H28N2O. The van der Waals surface area contributed by atoms with Gasteiger partial charge in [-0.1, -0.05) is 51.5 Å². The molecule has 2 rings (SSSR count). The molecular weight excluding hydrogens is 260 g/mol. The Morgan fingerprint density at radius 2 is 1.86 bits per heavy atom. The maximum atomic E-state index is 12.1. The molecule has 1 aliphatic rings. The van der Waals surface area contributed by atoms with Crippen molar-refractivity contribution in [2.45, 2.75) is 45.6 Å². The van der Waals surface area contributed by atoms with Gasteiger partial charge < -0.3 is 10.2 Å². The predicted molar refractivity (Wildman–Crippen MR) is 87.3 cm³/mol. The highest BCUT2D eigenvalue weighted by molar-refractivity contribution is 5.78. The number of likely N-dealkylation sites (tertiary alicyclic amines) is 1. The number of carbonyl (C=O) groups is 1. The summed E-state index contributed by atoms with van der Waals surface area (Å²) in [4.78, 5) is 14.1. The van der Waals surface area contributed by atoms with Gasteiger partial charge in [0.1, 0.15) is 0 Å². The summed E-state index contributed by atoms with van der Waals surface area (Å²) in [6.07, 6.45) is 1.81. The first-order valence-corrected chi connectivity index (χ1v) is 8.10. The summed E-state index contributed by atoms with van der Waals surface area (Å²) in [5.74, 6) is 1.40. The van der Waals surface area contributed by atoms with Gasteiger partial charge in [-0.2, -0.15) is 0 Å². The lowest BCUT2D eigenvalue weighted by Gasteiger charge is -2.24. The van der Waals surface area contributed by atoms with E-state index in [4.69, 9.17) is 0 Å². The number of benzene rings is 1. The molecule has 0 aromatic heterocycles. The summed E-state index contributed by atoms with van der Waals surface area (Å²) < 4.78 is 0. The van der Waals surface area contributed by atoms with E-state index >= 15 is 0 Å². The number of amides is 1. The first-order valence-electron chi connectivity index (χ1n) is 8.10. The largest absolute Gasteiger partial charge is 0.340 e. The second-order valence-corrected chi connectivity index (χ2v) is 6.44. The fourth-order valence-corrected chi connectivity index (χ4v) is 3.00. The average molecular weight is 288 g/mol. The summed E-state index contributed by atoms with van der Waals surface area (Å²) >= 11 is 0. The van der Waals surface area contributed by atoms with Crippen molar-refractivity contribution in [1.29, 1.82) is 0 Å². The van der Waals surface area contributed by atoms with Gasteiger partial charge in [0.15, 0.2) is 0 Å². The van der Waals surface area contributed by atoms with Crippen LogP contribution in [0.15, 0.2) is 24.3 Å². The lowest BCUT2D eigenvalue weighted by atomic mass is 9.99. The van der Waals surface area contributed by atoms with E-state index in [9.17, 15) is 4.79 Å². The SMILES string of the molecule is CCC1CC(=O)N(CC(NC)c2ccc(C(C)C)cc2)C1. The normalized spacial score (nSPS) is 20.3. The minimum Gasteiger partial charge on any atom is -0.340 e. The maximum Gasteiger partial charge on any atom is 0.222 e. The molecule has 0 bridgehead atoms. The van der Waals surface area contributed by atoms with Crippen LogP contribution in [0.3, 0.4) is 0 Å². The highest BCUT2D eigenvalue weighted by Gasteiger charge is 2.29. The van der Waals surface area contributed by atoms with E-state index in [-0.39, 0.29) is 6.04 Å². The van der Waals surface area contributed by atoms with Crippen LogP contribution in [0, 0.1) is 5.92 Å². The smallest absolute Gasteiger partial charge is 0.222 e. The van der Waals surface area contributed by atoms with Crippen LogP contribution in [0.2, 0.25) is 0 Å². The van der Waals surface area contributed by atoms with Crippen molar-refractivity contribution < 1.29 is 4.79 Å². The summed E-state index contributed by atoms with van der Waals surface area (Å²) in [6.45, 7) is 8.27. The molecule has 3 heteroatoms. The summed E-state index contributed by atoms with van der Waals surface area (Å²) in [5, 5.41) is 3.35. The molecule has 1 fully saturated rings. The van der Waals surface area contributed by atoms with Crippen molar-refractivity contribution in [3.05, 3.63) is 35.4 Å². The van der Waals surface area contributed by atoms with E-state index in [0.717, 1.165) is 25.9 Å². The van der Waals surface area contributed by atoms with Gasteiger partial charge in [0.2, 0.25) is 5.91 Å². The monoisotopic (exact) mass is 288 g/mol. The molecule has 1 aliphatic heterocycles. The van der Waals surface area contributed by atoms with Crippen molar-refractivity contribution in [3.63, 3.8) is 0 Å². The lowest BCUT2D eigenvalue weighted by Crippen LogP contribution is -2.35. The molecule has 1 aromatic carbocycles. The van der Waals surface area contributed by atoms with Gasteiger partial charge in [-0.15, -0.1) is 0 Å². The van der Waals surface area contributed by atoms with Crippen molar-refractivity contribution in [1.82, 2.24) is 10.2 Å². The second kappa shape index (κ2) is 7.08. The number of hydrogen-bond acceptors (Lipinski definition) is 2. The van der Waals surface area contributed by atoms with E-state index < -0.39 is 0 Å². The topological polar surface area (TPSA) is 32.3 Å². The zero-order chi connectivity index (χ0) is 15.4. The van der Waals surface area contributed by atoms with Gasteiger partial charge >= 0.3 is 0 Å². The fraction of sp³-hybridized carbons (Fsp3) is 0.611. The average Bonchev–Trinajstić information content (AvgIpc) is 2.85. The molecule has 1 amide bonds. The molecule has 2 atom stereocenters. The van der Waals surface area contributed by atoms with Crippen LogP contribution in [0.5, 0.6) is 0 Å². The van der Waals surface area contributed by atoms with Crippen LogP contribution < -0.4 is 5.32 Å². The zero-order valence-electron chi connectivity index (χ0n) is 13.7. The Morgan fingerprint density at radius 3 is 2.33 bits per heavy atom. The molecule has 1 aromatic rings. The third kappa shape index (κ3) is 3.85. The molecule has 0 aliphatic carbocycles. The third-order valence-electron chi connectivity index (χ3n) is 4.63. The Bertz CT molecular complexity index is 467. The van der Waals surface area contributed by atoms with Crippen LogP contribution in [0.1, 0.15) is 56.7 Å². The van der Waals surface area contributed by atoms with E-state index in [1.54, 1.807) is 0 Å². The highest BCUT2D eigenvalue weighted by atomic mass is 16.2. The summed E-state index contributed by atoms with van der Waals surface area (Å²) in [5.41, 5.74) is 2.62. The van der Waals surface area contributed by atoms with Crippen LogP contribution in [-0.2, 0) is 4.79 Å². The van der Waals surface area contributed by atoms with Gasteiger partial charge in [-0.25, -0.2) is 0 Å². The maximum absolute atomic E-state index is 12.1. The lowest BCUT2D eigenvalue weighted by molar-refractivity contribution is -0.128. The predicted octanol–water partition coefficient (Wildman–Crippen LogP) is 3.33. The first-order chi connectivity index (χ1) is 10.0. The van der Waals surface area contributed by atoms with Crippen molar-refractivity contribution in [2.24, 2.45) is 5.92 Å². The van der Waals surface area contributed by atoms with E-state index in [2.05, 4.69) is 50.4 Å². The molecule has 1 saturated heterocycles. The summed E-state index contributed by atoms with van der Waals surface area (Å²) in [7, 11) is 1.97. The zero-order valence-corrected chi connectivity index (χ0v) is 13.7. The Balaban J connectivity index is 2.04. The molecule has 2 unspecified atom stereocenters. The number of hydrogen-bond donors (Lipinski definition) is 1. The van der Waals surface area contributed by atoms with Crippen LogP contribution in [-0.4, -0.2) is 30.9 Å². The van der Waals surface area contributed by atoms with E-state index in [1.807, 2.05) is 11.9 Å². The highest BCUT2D eigenvalue weighted by Crippen LogP contribution is 2.24. The summed E-state index contributed by atoms with van der Waals surface area (Å²) in [6, 6.07) is 8.99. The number of nitrogens with one attached hydrogen (secondary N) is 1. The Kier molecular flexibility index (Phi) is 5.40. The van der Waals surface area contributed by atoms with Crippen LogP contribution >= 0.6 is 0 Å². The van der Waals surface area contributed by atoms with Crippen LogP contribution in [0.4, 0.5) is 0 Å². The van der Waals surface area contributed by atoms with Crippen molar-refractivity contribution in [2.75, 3.05) is 20.1 Å². The van der Waals surface area contributed by atoms with E-state index in [1.165, 1.54) is 11.1 Å². The minimum absolute atomic E-state index is 0.214. The van der Waals surface area contributed by atoms with Gasteiger partial charge in [-0.3, -0.25) is 4.79 Å². The molecule has 1 heterocycles. The third-order valence-corrected chi connectivity index (χ3v) is 4.63. The van der Waals surface area contributed by atoms with Crippen LogP contribution in [0.25, 0.3) is 0 Å². The Morgan fingerprint density at radius 1 is 1.24 bits per heavy atom. The fourth-order valence-electron chi connectivity index (χ4n) is 3.00. The quantitative estimate of drug-likeness (QED) is 0.871. The van der Waals surface area contributed by atoms with Gasteiger partial charge in [-0.05, 0) is 30.0 Å². The van der Waals surface area contributed by atoms with E-state index in [0.29, 0.717) is 17.7 Å². The Hall–Kier alpha value is -1.35. The number of rotatable bonds is 6. The second-order valence-electron chi connectivity index (χ2n) is 6.44. The molecule has 0 saturated carbocycles. The molecule has 21 heavy (non-hydrogen) atoms. The van der Waals surface area contributed by atoms with Gasteiger partial charge in [0.05, 0.1) is 0 Å². The first kappa shape index (κ1) is 16.0. The van der Waals surface area contributed by atoms with Gasteiger partial charge in [0, 0.05) is 25.6 Å². The number of nitrogens with zero attached hydrogens (tertiary/aromatic N) is 1. The molecule has 0 spiro atoms. The molecule has 3 nitrogen and oxygen atoms in total. The standard InChI is InChI=1S/C18H28N2O/c1-5-14-10-18(21)20(11-14)12-17(19-4)16-8-6-15(7-9-16)13(2)3/h6-9,13-14,17,19H,5,10-12H2,1-4H3.